The van der Waals surface area contributed by atoms with Crippen molar-refractivity contribution < 1.29 is 27.8 Å². The van der Waals surface area contributed by atoms with E-state index in [4.69, 9.17) is 32.7 Å². The van der Waals surface area contributed by atoms with Crippen LogP contribution in [0.5, 0.6) is 11.5 Å². The number of ether oxygens (including phenoxy) is 3. The number of hydrogen-bond donors (Lipinski definition) is 0. The molecule has 0 aromatic heterocycles. The molecule has 0 saturated heterocycles. The summed E-state index contributed by atoms with van der Waals surface area (Å²) in [6, 6.07) is 8.89. The number of carbonyl (C=O) groups excluding carboxylic acids is 1. The van der Waals surface area contributed by atoms with E-state index in [2.05, 4.69) is 9.73 Å². The molecule has 1 aliphatic heterocycles. The molecule has 0 radical (unpaired) electrons. The van der Waals surface area contributed by atoms with E-state index in [1.165, 1.54) is 37.5 Å². The van der Waals surface area contributed by atoms with Crippen LogP contribution in [-0.2, 0) is 9.53 Å². The molecule has 2 aromatic rings. The zero-order valence-electron chi connectivity index (χ0n) is 13.7. The predicted molar refractivity (Wildman–Crippen MR) is 96.7 cm³/mol. The highest BCUT2D eigenvalue weighted by Gasteiger charge is 2.26. The van der Waals surface area contributed by atoms with Crippen molar-refractivity contribution >= 4 is 41.1 Å². The van der Waals surface area contributed by atoms with Crippen molar-refractivity contribution in [1.29, 1.82) is 0 Å². The molecule has 0 saturated carbocycles. The normalized spacial score (nSPS) is 15.1. The summed E-state index contributed by atoms with van der Waals surface area (Å²) in [4.78, 5) is 16.2. The SMILES string of the molecule is COc1cc(/C=C2/N=C(c3ccc(Cl)cc3Cl)OC2=O)ccc1OC(F)F. The van der Waals surface area contributed by atoms with E-state index in [1.54, 1.807) is 12.1 Å². The van der Waals surface area contributed by atoms with Gasteiger partial charge < -0.3 is 14.2 Å². The molecule has 27 heavy (non-hydrogen) atoms. The van der Waals surface area contributed by atoms with Crippen LogP contribution < -0.4 is 9.47 Å². The van der Waals surface area contributed by atoms with E-state index in [0.29, 0.717) is 16.1 Å². The molecule has 9 heteroatoms. The molecule has 3 rings (SSSR count). The Hall–Kier alpha value is -2.64. The molecule has 2 aromatic carbocycles. The first-order valence-corrected chi connectivity index (χ1v) is 8.24. The van der Waals surface area contributed by atoms with Crippen LogP contribution in [0.4, 0.5) is 8.78 Å². The highest BCUT2D eigenvalue weighted by atomic mass is 35.5. The maximum absolute atomic E-state index is 12.4. The first kappa shape index (κ1) is 19.1. The predicted octanol–water partition coefficient (Wildman–Crippen LogP) is 4.95. The van der Waals surface area contributed by atoms with E-state index < -0.39 is 12.6 Å². The van der Waals surface area contributed by atoms with Gasteiger partial charge in [0.25, 0.3) is 0 Å². The van der Waals surface area contributed by atoms with Crippen LogP contribution >= 0.6 is 23.2 Å². The van der Waals surface area contributed by atoms with Gasteiger partial charge >= 0.3 is 12.6 Å². The number of nitrogens with zero attached hydrogens (tertiary/aromatic N) is 1. The van der Waals surface area contributed by atoms with Gasteiger partial charge in [0.1, 0.15) is 0 Å². The second-order valence-electron chi connectivity index (χ2n) is 5.25. The molecule has 5 nitrogen and oxygen atoms in total. The van der Waals surface area contributed by atoms with Crippen molar-refractivity contribution in [2.75, 3.05) is 7.11 Å². The summed E-state index contributed by atoms with van der Waals surface area (Å²) in [5.41, 5.74) is 0.907. The largest absolute Gasteiger partial charge is 0.493 e. The lowest BCUT2D eigenvalue weighted by molar-refractivity contribution is -0.129. The van der Waals surface area contributed by atoms with Crippen molar-refractivity contribution in [3.8, 4) is 11.5 Å². The summed E-state index contributed by atoms with van der Waals surface area (Å²) < 4.78 is 39.3. The number of esters is 1. The number of benzene rings is 2. The van der Waals surface area contributed by atoms with Crippen LogP contribution in [0, 0.1) is 0 Å². The van der Waals surface area contributed by atoms with Crippen LogP contribution in [0.2, 0.25) is 10.0 Å². The van der Waals surface area contributed by atoms with Gasteiger partial charge in [-0.1, -0.05) is 29.3 Å². The standard InChI is InChI=1S/C18H11Cl2F2NO4/c1-25-15-7-9(2-5-14(15)26-18(21)22)6-13-17(24)27-16(23-13)11-4-3-10(19)8-12(11)20/h2-8,18H,1H3/b13-6+. The molecule has 1 aliphatic rings. The lowest BCUT2D eigenvalue weighted by atomic mass is 10.1. The third-order valence-electron chi connectivity index (χ3n) is 3.49. The van der Waals surface area contributed by atoms with Gasteiger partial charge in [0.15, 0.2) is 17.2 Å². The first-order valence-electron chi connectivity index (χ1n) is 7.48. The number of methoxy groups -OCH3 is 1. The third-order valence-corrected chi connectivity index (χ3v) is 4.04. The average Bonchev–Trinajstić information content (AvgIpc) is 2.96. The van der Waals surface area contributed by atoms with E-state index in [9.17, 15) is 13.6 Å². The Balaban J connectivity index is 1.92. The minimum Gasteiger partial charge on any atom is -0.493 e. The van der Waals surface area contributed by atoms with Gasteiger partial charge in [-0.2, -0.15) is 8.78 Å². The Kier molecular flexibility index (Phi) is 5.62. The highest BCUT2D eigenvalue weighted by molar-refractivity contribution is 6.37. The zero-order chi connectivity index (χ0) is 19.6. The molecule has 0 aliphatic carbocycles. The lowest BCUT2D eigenvalue weighted by Gasteiger charge is -2.10. The maximum Gasteiger partial charge on any atom is 0.387 e. The Labute approximate surface area is 162 Å². The van der Waals surface area contributed by atoms with Crippen molar-refractivity contribution in [3.63, 3.8) is 0 Å². The second-order valence-corrected chi connectivity index (χ2v) is 6.09. The van der Waals surface area contributed by atoms with Crippen LogP contribution in [0.1, 0.15) is 11.1 Å². The van der Waals surface area contributed by atoms with Crippen molar-refractivity contribution in [2.24, 2.45) is 4.99 Å². The lowest BCUT2D eigenvalue weighted by Crippen LogP contribution is -2.06. The summed E-state index contributed by atoms with van der Waals surface area (Å²) in [5.74, 6) is -0.679. The number of aliphatic imine (C=N–C) groups is 1. The zero-order valence-corrected chi connectivity index (χ0v) is 15.2. The van der Waals surface area contributed by atoms with Crippen molar-refractivity contribution in [1.82, 2.24) is 0 Å². The van der Waals surface area contributed by atoms with Crippen LogP contribution in [0.3, 0.4) is 0 Å². The van der Waals surface area contributed by atoms with Crippen molar-refractivity contribution in [2.45, 2.75) is 6.61 Å². The molecule has 0 fully saturated rings. The van der Waals surface area contributed by atoms with E-state index in [-0.39, 0.29) is 28.1 Å². The molecule has 1 heterocycles. The molecular formula is C18H11Cl2F2NO4. The summed E-state index contributed by atoms with van der Waals surface area (Å²) >= 11 is 11.9. The van der Waals surface area contributed by atoms with Gasteiger partial charge in [-0.25, -0.2) is 9.79 Å². The Morgan fingerprint density at radius 1 is 1.15 bits per heavy atom. The molecule has 0 unspecified atom stereocenters. The van der Waals surface area contributed by atoms with Gasteiger partial charge in [0, 0.05) is 5.02 Å². The number of carbonyl (C=O) groups is 1. The Morgan fingerprint density at radius 2 is 1.93 bits per heavy atom. The van der Waals surface area contributed by atoms with Crippen molar-refractivity contribution in [3.05, 3.63) is 63.3 Å². The van der Waals surface area contributed by atoms with Crippen LogP contribution in [0.15, 0.2) is 47.1 Å². The minimum absolute atomic E-state index is 0.0144. The van der Waals surface area contributed by atoms with Gasteiger partial charge in [0.2, 0.25) is 5.90 Å². The van der Waals surface area contributed by atoms with E-state index in [0.717, 1.165) is 0 Å². The molecular weight excluding hydrogens is 403 g/mol. The van der Waals surface area contributed by atoms with E-state index in [1.807, 2.05) is 0 Å². The average molecular weight is 414 g/mol. The van der Waals surface area contributed by atoms with Gasteiger partial charge in [-0.15, -0.1) is 0 Å². The molecule has 0 amide bonds. The topological polar surface area (TPSA) is 57.1 Å². The summed E-state index contributed by atoms with van der Waals surface area (Å²) in [6.45, 7) is -2.98. The quantitative estimate of drug-likeness (QED) is 0.514. The fourth-order valence-corrected chi connectivity index (χ4v) is 2.80. The van der Waals surface area contributed by atoms with Gasteiger partial charge in [-0.05, 0) is 42.0 Å². The Bertz CT molecular complexity index is 960. The highest BCUT2D eigenvalue weighted by Crippen LogP contribution is 2.31. The minimum atomic E-state index is -2.98. The van der Waals surface area contributed by atoms with Crippen LogP contribution in [-0.4, -0.2) is 25.6 Å². The fraction of sp³-hybridized carbons (Fsp3) is 0.111. The number of alkyl halides is 2. The molecule has 0 spiro atoms. The number of hydrogen-bond acceptors (Lipinski definition) is 5. The smallest absolute Gasteiger partial charge is 0.387 e. The second kappa shape index (κ2) is 7.94. The third kappa shape index (κ3) is 4.37. The first-order chi connectivity index (χ1) is 12.9. The van der Waals surface area contributed by atoms with Gasteiger partial charge in [0.05, 0.1) is 17.7 Å². The van der Waals surface area contributed by atoms with Gasteiger partial charge in [-0.3, -0.25) is 0 Å². The number of cyclic esters (lactones) is 1. The summed E-state index contributed by atoms with van der Waals surface area (Å²) in [6.07, 6.45) is 1.42. The molecule has 0 bridgehead atoms. The molecule has 140 valence electrons. The maximum atomic E-state index is 12.4. The fourth-order valence-electron chi connectivity index (χ4n) is 2.31. The van der Waals surface area contributed by atoms with E-state index >= 15 is 0 Å². The Morgan fingerprint density at radius 3 is 2.59 bits per heavy atom. The molecule has 0 N–H and O–H groups in total. The summed E-state index contributed by atoms with van der Waals surface area (Å²) in [7, 11) is 1.31. The number of halogens is 4. The monoisotopic (exact) mass is 413 g/mol. The summed E-state index contributed by atoms with van der Waals surface area (Å²) in [5, 5.41) is 0.716. The number of rotatable bonds is 5. The van der Waals surface area contributed by atoms with Crippen LogP contribution in [0.25, 0.3) is 6.08 Å². The molecule has 0 atom stereocenters.